The van der Waals surface area contributed by atoms with Crippen molar-refractivity contribution in [2.75, 3.05) is 26.2 Å². The molecule has 1 aromatic carbocycles. The third kappa shape index (κ3) is 3.15. The van der Waals surface area contributed by atoms with Gasteiger partial charge in [0.2, 0.25) is 0 Å². The lowest BCUT2D eigenvalue weighted by molar-refractivity contribution is 0.0469. The van der Waals surface area contributed by atoms with Crippen LogP contribution >= 0.6 is 0 Å². The summed E-state index contributed by atoms with van der Waals surface area (Å²) in [6, 6.07) is 7.51. The molecule has 19 heavy (non-hydrogen) atoms. The van der Waals surface area contributed by atoms with Crippen LogP contribution in [0.4, 0.5) is 0 Å². The number of aromatic amines is 1. The van der Waals surface area contributed by atoms with E-state index in [-0.39, 0.29) is 5.97 Å². The molecular weight excluding hydrogens is 240 g/mol. The summed E-state index contributed by atoms with van der Waals surface area (Å²) in [6.45, 7) is 7.36. The van der Waals surface area contributed by atoms with E-state index in [1.165, 1.54) is 0 Å². The Bertz CT molecular complexity index is 544. The number of hydrogen-bond donors (Lipinski definition) is 1. The predicted molar refractivity (Wildman–Crippen MR) is 76.4 cm³/mol. The van der Waals surface area contributed by atoms with E-state index in [2.05, 4.69) is 23.7 Å². The first kappa shape index (κ1) is 13.6. The highest BCUT2D eigenvalue weighted by molar-refractivity contribution is 6.03. The highest BCUT2D eigenvalue weighted by Gasteiger charge is 2.12. The largest absolute Gasteiger partial charge is 0.461 e. The summed E-state index contributed by atoms with van der Waals surface area (Å²) in [5, 5.41) is 0.912. The molecule has 0 spiro atoms. The van der Waals surface area contributed by atoms with Gasteiger partial charge in [-0.25, -0.2) is 4.79 Å². The highest BCUT2D eigenvalue weighted by Crippen LogP contribution is 2.18. The van der Waals surface area contributed by atoms with E-state index in [1.54, 1.807) is 6.07 Å². The Balaban J connectivity index is 1.98. The topological polar surface area (TPSA) is 45.3 Å². The normalized spacial score (nSPS) is 11.1. The smallest absolute Gasteiger partial charge is 0.338 e. The lowest BCUT2D eigenvalue weighted by Crippen LogP contribution is -2.27. The van der Waals surface area contributed by atoms with Crippen LogP contribution < -0.4 is 0 Å². The van der Waals surface area contributed by atoms with Crippen molar-refractivity contribution in [3.8, 4) is 0 Å². The molecule has 1 aromatic heterocycles. The van der Waals surface area contributed by atoms with Crippen molar-refractivity contribution in [1.29, 1.82) is 0 Å². The van der Waals surface area contributed by atoms with Crippen LogP contribution in [0.3, 0.4) is 0 Å². The van der Waals surface area contributed by atoms with Crippen LogP contribution in [0.15, 0.2) is 30.5 Å². The van der Waals surface area contributed by atoms with E-state index in [0.29, 0.717) is 12.2 Å². The maximum atomic E-state index is 12.1. The molecule has 0 bridgehead atoms. The molecule has 1 N–H and O–H groups in total. The number of carbonyl (C=O) groups excluding carboxylic acids is 1. The molecule has 0 aliphatic rings. The molecule has 2 rings (SSSR count). The standard InChI is InChI=1S/C15H20N2O2/c1-3-17(4-2)10-11-19-15(18)13-6-5-7-14-12(13)8-9-16-14/h5-9,16H,3-4,10-11H2,1-2H3. The maximum Gasteiger partial charge on any atom is 0.338 e. The van der Waals surface area contributed by atoms with Gasteiger partial charge in [-0.05, 0) is 31.3 Å². The van der Waals surface area contributed by atoms with Crippen LogP contribution in [0.1, 0.15) is 24.2 Å². The summed E-state index contributed by atoms with van der Waals surface area (Å²) >= 11 is 0. The molecule has 4 heteroatoms. The third-order valence-electron chi connectivity index (χ3n) is 3.35. The summed E-state index contributed by atoms with van der Waals surface area (Å²) in [4.78, 5) is 17.4. The number of nitrogens with one attached hydrogen (secondary N) is 1. The Hall–Kier alpha value is -1.81. The molecule has 0 saturated carbocycles. The molecule has 0 saturated heterocycles. The first-order valence-electron chi connectivity index (χ1n) is 6.71. The Morgan fingerprint density at radius 3 is 2.79 bits per heavy atom. The van der Waals surface area contributed by atoms with Crippen LogP contribution in [0, 0.1) is 0 Å². The Kier molecular flexibility index (Phi) is 4.58. The molecule has 0 atom stereocenters. The number of esters is 1. The van der Waals surface area contributed by atoms with Crippen LogP contribution in [-0.2, 0) is 4.74 Å². The van der Waals surface area contributed by atoms with Gasteiger partial charge in [-0.1, -0.05) is 19.9 Å². The fraction of sp³-hybridized carbons (Fsp3) is 0.400. The van der Waals surface area contributed by atoms with Crippen molar-refractivity contribution in [1.82, 2.24) is 9.88 Å². The number of likely N-dealkylation sites (N-methyl/N-ethyl adjacent to an activating group) is 1. The number of H-pyrrole nitrogens is 1. The van der Waals surface area contributed by atoms with Gasteiger partial charge in [0, 0.05) is 23.6 Å². The van der Waals surface area contributed by atoms with E-state index >= 15 is 0 Å². The maximum absolute atomic E-state index is 12.1. The van der Waals surface area contributed by atoms with Crippen molar-refractivity contribution in [3.05, 3.63) is 36.0 Å². The lowest BCUT2D eigenvalue weighted by atomic mass is 10.1. The lowest BCUT2D eigenvalue weighted by Gasteiger charge is -2.17. The summed E-state index contributed by atoms with van der Waals surface area (Å²) in [6.07, 6.45) is 1.83. The SMILES string of the molecule is CCN(CC)CCOC(=O)c1cccc2[nH]ccc12. The minimum Gasteiger partial charge on any atom is -0.461 e. The van der Waals surface area contributed by atoms with Gasteiger partial charge in [0.05, 0.1) is 5.56 Å². The Morgan fingerprint density at radius 1 is 1.26 bits per heavy atom. The fourth-order valence-electron chi connectivity index (χ4n) is 2.15. The van der Waals surface area contributed by atoms with Crippen LogP contribution in [0.2, 0.25) is 0 Å². The van der Waals surface area contributed by atoms with E-state index in [4.69, 9.17) is 4.74 Å². The quantitative estimate of drug-likeness (QED) is 0.812. The zero-order chi connectivity index (χ0) is 13.7. The van der Waals surface area contributed by atoms with Gasteiger partial charge in [0.25, 0.3) is 0 Å². The van der Waals surface area contributed by atoms with Crippen LogP contribution in [0.5, 0.6) is 0 Å². The first-order chi connectivity index (χ1) is 9.26. The van der Waals surface area contributed by atoms with E-state index in [1.807, 2.05) is 24.4 Å². The number of rotatable bonds is 6. The van der Waals surface area contributed by atoms with Gasteiger partial charge >= 0.3 is 5.97 Å². The molecular formula is C15H20N2O2. The summed E-state index contributed by atoms with van der Waals surface area (Å²) in [5.41, 5.74) is 1.58. The number of benzene rings is 1. The first-order valence-corrected chi connectivity index (χ1v) is 6.71. The molecule has 0 aliphatic carbocycles. The van der Waals surface area contributed by atoms with E-state index < -0.39 is 0 Å². The Labute approximate surface area is 113 Å². The third-order valence-corrected chi connectivity index (χ3v) is 3.35. The van der Waals surface area contributed by atoms with Crippen molar-refractivity contribution in [2.24, 2.45) is 0 Å². The van der Waals surface area contributed by atoms with Crippen molar-refractivity contribution in [3.63, 3.8) is 0 Å². The van der Waals surface area contributed by atoms with Crippen molar-refractivity contribution in [2.45, 2.75) is 13.8 Å². The molecule has 4 nitrogen and oxygen atoms in total. The van der Waals surface area contributed by atoms with Crippen molar-refractivity contribution < 1.29 is 9.53 Å². The van der Waals surface area contributed by atoms with Gasteiger partial charge in [0.15, 0.2) is 0 Å². The second-order valence-corrected chi connectivity index (χ2v) is 4.41. The molecule has 0 unspecified atom stereocenters. The number of fused-ring (bicyclic) bond motifs is 1. The molecule has 102 valence electrons. The Morgan fingerprint density at radius 2 is 2.05 bits per heavy atom. The molecule has 1 heterocycles. The number of aromatic nitrogens is 1. The van der Waals surface area contributed by atoms with Crippen LogP contribution in [-0.4, -0.2) is 42.1 Å². The second-order valence-electron chi connectivity index (χ2n) is 4.41. The number of ether oxygens (including phenoxy) is 1. The van der Waals surface area contributed by atoms with Gasteiger partial charge < -0.3 is 14.6 Å². The minimum absolute atomic E-state index is 0.252. The number of nitrogens with zero attached hydrogens (tertiary/aromatic N) is 1. The molecule has 0 radical (unpaired) electrons. The van der Waals surface area contributed by atoms with Crippen LogP contribution in [0.25, 0.3) is 10.9 Å². The van der Waals surface area contributed by atoms with Crippen molar-refractivity contribution >= 4 is 16.9 Å². The summed E-state index contributed by atoms with van der Waals surface area (Å²) < 4.78 is 5.35. The molecule has 0 amide bonds. The zero-order valence-corrected chi connectivity index (χ0v) is 11.5. The average Bonchev–Trinajstić information content (AvgIpc) is 2.91. The minimum atomic E-state index is -0.252. The molecule has 0 fully saturated rings. The molecule has 2 aromatic rings. The van der Waals surface area contributed by atoms with Gasteiger partial charge in [-0.3, -0.25) is 0 Å². The monoisotopic (exact) mass is 260 g/mol. The van der Waals surface area contributed by atoms with Gasteiger partial charge in [0.1, 0.15) is 6.61 Å². The molecule has 0 aliphatic heterocycles. The second kappa shape index (κ2) is 6.38. The number of carbonyl (C=O) groups is 1. The van der Waals surface area contributed by atoms with E-state index in [0.717, 1.165) is 30.5 Å². The van der Waals surface area contributed by atoms with Gasteiger partial charge in [-0.15, -0.1) is 0 Å². The number of hydrogen-bond acceptors (Lipinski definition) is 3. The average molecular weight is 260 g/mol. The predicted octanol–water partition coefficient (Wildman–Crippen LogP) is 2.67. The van der Waals surface area contributed by atoms with Gasteiger partial charge in [-0.2, -0.15) is 0 Å². The van der Waals surface area contributed by atoms with E-state index in [9.17, 15) is 4.79 Å². The zero-order valence-electron chi connectivity index (χ0n) is 11.5. The summed E-state index contributed by atoms with van der Waals surface area (Å²) in [7, 11) is 0. The summed E-state index contributed by atoms with van der Waals surface area (Å²) in [5.74, 6) is -0.252. The fourth-order valence-corrected chi connectivity index (χ4v) is 2.15. The highest BCUT2D eigenvalue weighted by atomic mass is 16.5.